The van der Waals surface area contributed by atoms with Crippen LogP contribution in [-0.2, 0) is 145 Å². The topological polar surface area (TPSA) is 765 Å². The van der Waals surface area contributed by atoms with Crippen LogP contribution in [0.2, 0.25) is 0 Å². The van der Waals surface area contributed by atoms with Crippen LogP contribution in [0.25, 0.3) is 10.8 Å². The summed E-state index contributed by atoms with van der Waals surface area (Å²) in [6.45, 7) is 4.49. The van der Waals surface area contributed by atoms with E-state index in [1.54, 1.807) is 48.5 Å². The monoisotopic (exact) mass is 2120 g/mol. The van der Waals surface area contributed by atoms with Gasteiger partial charge in [-0.25, -0.2) is 25.3 Å². The van der Waals surface area contributed by atoms with Crippen LogP contribution in [0.5, 0.6) is 5.75 Å². The molecule has 0 spiro atoms. The van der Waals surface area contributed by atoms with Gasteiger partial charge in [-0.2, -0.15) is 48.2 Å². The molecule has 143 heavy (non-hydrogen) atoms. The molecule has 4 aromatic carbocycles. The average Bonchev–Trinajstić information content (AvgIpc) is 0.773. The van der Waals surface area contributed by atoms with Crippen LogP contribution in [-0.4, -0.2) is 326 Å². The van der Waals surface area contributed by atoms with Crippen LogP contribution in [0, 0.1) is 23.2 Å². The number of amides is 13. The molecule has 0 aliphatic carbocycles. The maximum atomic E-state index is 15.3. The van der Waals surface area contributed by atoms with Gasteiger partial charge in [0.05, 0.1) is 86.5 Å². The number of benzene rings is 4. The van der Waals surface area contributed by atoms with E-state index < -0.39 is 393 Å². The fourth-order valence-electron chi connectivity index (χ4n) is 15.0. The number of thioether (sulfide) groups is 3. The Labute approximate surface area is 836 Å². The van der Waals surface area contributed by atoms with E-state index in [9.17, 15) is 124 Å². The number of aromatic hydroxyl groups is 1. The number of nitrogens with one attached hydrogen (secondary N) is 11. The van der Waals surface area contributed by atoms with Gasteiger partial charge < -0.3 is 101 Å². The fraction of sp³-hybridized carbons (Fsp3) is 0.528. The number of nitrogens with two attached hydrogens (primary N) is 3. The number of sulfonamides is 3. The van der Waals surface area contributed by atoms with Crippen molar-refractivity contribution in [2.75, 3.05) is 71.8 Å². The number of Topliss-reactive ketones (excluding diaryl/α,β-unsaturated/α-hetero) is 3. The third-order valence-electron chi connectivity index (χ3n) is 23.1. The fourth-order valence-corrected chi connectivity index (χ4v) is 23.9. The third kappa shape index (κ3) is 37.7. The number of hydrogen-bond donors (Lipinski definition) is 19. The van der Waals surface area contributed by atoms with Gasteiger partial charge in [-0.15, -0.1) is 0 Å². The van der Waals surface area contributed by atoms with Crippen LogP contribution in [0.15, 0.2) is 97.1 Å². The smallest absolute Gasteiger partial charge is 0.305 e. The predicted molar refractivity (Wildman–Crippen MR) is 519 cm³/mol. The molecule has 3 saturated heterocycles. The Bertz CT molecular complexity index is 5720. The molecule has 4 aromatic rings. The Morgan fingerprint density at radius 1 is 0.420 bits per heavy atom. The van der Waals surface area contributed by atoms with Gasteiger partial charge in [-0.1, -0.05) is 106 Å². The Kier molecular flexibility index (Phi) is 44.8. The maximum absolute atomic E-state index is 15.3. The normalized spacial score (nSPS) is 27.0. The molecule has 0 radical (unpaired) electrons. The summed E-state index contributed by atoms with van der Waals surface area (Å²) in [6, 6.07) is 1.23. The quantitative estimate of drug-likeness (QED) is 0.0358. The zero-order chi connectivity index (χ0) is 106. The number of hydrogen-bond acceptors (Lipinski definition) is 31. The predicted octanol–water partition coefficient (Wildman–Crippen LogP) is -3.89. The number of carbonyl (C=O) groups excluding carboxylic acids is 16. The summed E-state index contributed by atoms with van der Waals surface area (Å²) < 4.78 is 90.6. The Morgan fingerprint density at radius 3 is 1.32 bits per heavy atom. The largest absolute Gasteiger partial charge is 0.508 e. The van der Waals surface area contributed by atoms with Gasteiger partial charge in [0.2, 0.25) is 107 Å². The van der Waals surface area contributed by atoms with Crippen molar-refractivity contribution in [3.63, 3.8) is 0 Å². The molecule has 0 saturated carbocycles. The number of aliphatic carboxylic acids is 4. The SMILES string of the molecule is C[C@H](N)C(=O)C[C@H]1CSCCS(=O)(=O)N2CN3CN(C2)S(=O)(=O)CCSC[C@H](NC(=O)[C@@H](C)NC(=O)[C@H](Cc2cccc4ccccc24)CC(=O)[C@H](CCC(=O)O)NC(=O)[C@H](CC(N)=O)NC(=O)[C@@H](C)NC1=O)C(=O)N[C@@H](CCC(=O)O)C(=O)N[C@@H](CC(=O)O)C(=O)N[C@@H](Cc1ccccc1)C(=O)N[C@@H](Cc1ccc(O)cc1)C(=O)N[C@@H](CC(=O)O)C(=O)N[C@@H](C(C)(C)C)C(=O)C[C@H](C(N)=O)CSCCS3(=O)=O. The molecule has 784 valence electrons. The molecule has 54 heteroatoms. The molecule has 48 nitrogen and oxygen atoms in total. The van der Waals surface area contributed by atoms with E-state index in [0.29, 0.717) is 52.8 Å². The number of carboxylic acids is 4. The van der Waals surface area contributed by atoms with Crippen molar-refractivity contribution in [3.05, 3.63) is 114 Å². The molecular weight excluding hydrogens is 2000 g/mol. The number of nitrogens with zero attached hydrogens (tertiary/aromatic N) is 3. The first kappa shape index (κ1) is 118. The lowest BCUT2D eigenvalue weighted by Gasteiger charge is -2.40. The Balaban J connectivity index is 1.39. The Hall–Kier alpha value is -12.3. The molecule has 3 aliphatic heterocycles. The van der Waals surface area contributed by atoms with E-state index >= 15 is 22.8 Å². The number of ketones is 3. The van der Waals surface area contributed by atoms with E-state index in [-0.39, 0.29) is 23.3 Å². The summed E-state index contributed by atoms with van der Waals surface area (Å²) in [5, 5.41) is 77.9. The molecule has 3 unspecified atom stereocenters. The van der Waals surface area contributed by atoms with Crippen molar-refractivity contribution >= 4 is 194 Å². The van der Waals surface area contributed by atoms with Crippen LogP contribution in [0.3, 0.4) is 0 Å². The summed E-state index contributed by atoms with van der Waals surface area (Å²) in [5.74, 6) is -37.4. The van der Waals surface area contributed by atoms with Crippen LogP contribution in [0.4, 0.5) is 0 Å². The molecule has 0 aromatic heterocycles. The highest BCUT2D eigenvalue weighted by Gasteiger charge is 2.45. The van der Waals surface area contributed by atoms with Gasteiger partial charge in [0.15, 0.2) is 11.6 Å². The highest BCUT2D eigenvalue weighted by atomic mass is 32.2. The lowest BCUT2D eigenvalue weighted by atomic mass is 9.81. The van der Waals surface area contributed by atoms with Crippen molar-refractivity contribution < 1.29 is 147 Å². The first-order valence-electron chi connectivity index (χ1n) is 45.1. The molecule has 7 rings (SSSR count). The Morgan fingerprint density at radius 2 is 0.832 bits per heavy atom. The van der Waals surface area contributed by atoms with Gasteiger partial charge >= 0.3 is 23.9 Å². The minimum absolute atomic E-state index is 0.179. The van der Waals surface area contributed by atoms with Crippen molar-refractivity contribution in [1.29, 1.82) is 0 Å². The minimum Gasteiger partial charge on any atom is -0.508 e. The first-order chi connectivity index (χ1) is 67.0. The zero-order valence-electron chi connectivity index (χ0n) is 78.9. The number of rotatable bonds is 22. The summed E-state index contributed by atoms with van der Waals surface area (Å²) in [7, 11) is -14.9. The van der Waals surface area contributed by atoms with Gasteiger partial charge in [0, 0.05) is 85.4 Å². The molecular formula is C89H121N17O31S6. The van der Waals surface area contributed by atoms with Gasteiger partial charge in [0.1, 0.15) is 65.9 Å². The van der Waals surface area contributed by atoms with E-state index in [1.807, 2.05) is 0 Å². The molecule has 3 heterocycles. The zero-order valence-corrected chi connectivity index (χ0v) is 83.8. The molecule has 22 N–H and O–H groups in total. The first-order valence-corrected chi connectivity index (χ1v) is 53.4. The van der Waals surface area contributed by atoms with Crippen molar-refractivity contribution in [2.24, 2.45) is 40.4 Å². The van der Waals surface area contributed by atoms with E-state index in [1.165, 1.54) is 76.2 Å². The number of phenols is 1. The van der Waals surface area contributed by atoms with E-state index in [0.717, 1.165) is 25.6 Å². The number of carboxylic acid groups (broad SMARTS) is 4. The molecule has 3 aliphatic rings. The van der Waals surface area contributed by atoms with Crippen LogP contribution in [0.1, 0.15) is 122 Å². The van der Waals surface area contributed by atoms with Gasteiger partial charge in [-0.05, 0) is 85.0 Å². The van der Waals surface area contributed by atoms with Crippen molar-refractivity contribution in [3.8, 4) is 5.75 Å². The van der Waals surface area contributed by atoms with Crippen molar-refractivity contribution in [1.82, 2.24) is 71.4 Å². The second kappa shape index (κ2) is 54.4. The minimum atomic E-state index is -5.03. The summed E-state index contributed by atoms with van der Waals surface area (Å²) in [5.41, 5.74) is 16.8. The summed E-state index contributed by atoms with van der Waals surface area (Å²) in [4.78, 5) is 282. The molecule has 4 bridgehead atoms. The van der Waals surface area contributed by atoms with Crippen LogP contribution >= 0.6 is 35.3 Å². The molecule has 13 amide bonds. The number of phenolic OH excluding ortho intramolecular Hbond substituents is 1. The average molecular weight is 2120 g/mol. The van der Waals surface area contributed by atoms with Gasteiger partial charge in [-0.3, -0.25) is 95.9 Å². The van der Waals surface area contributed by atoms with E-state index in [4.69, 9.17) is 17.2 Å². The van der Waals surface area contributed by atoms with Crippen molar-refractivity contribution in [2.45, 2.75) is 198 Å². The van der Waals surface area contributed by atoms with E-state index in [2.05, 4.69) is 58.5 Å². The summed E-state index contributed by atoms with van der Waals surface area (Å²) >= 11 is 1.97. The highest BCUT2D eigenvalue weighted by molar-refractivity contribution is 8.01. The second-order valence-corrected chi connectivity index (χ2v) is 45.4. The third-order valence-corrected chi connectivity index (χ3v) is 32.4. The lowest BCUT2D eigenvalue weighted by Crippen LogP contribution is -2.61. The lowest BCUT2D eigenvalue weighted by molar-refractivity contribution is -0.142. The molecule has 18 atom stereocenters. The summed E-state index contributed by atoms with van der Waals surface area (Å²) in [6.07, 6.45) is -11.0. The number of carbonyl (C=O) groups is 20. The van der Waals surface area contributed by atoms with Crippen LogP contribution < -0.4 is 75.7 Å². The number of fused-ring (bicyclic) bond motifs is 8. The maximum Gasteiger partial charge on any atom is 0.305 e. The standard InChI is InChI=1S/C89H121N17O31S6/c1-48(90)68(108)38-57-43-139-28-31-142(134,135)105-45-104-46-106(47-105)143(136,137)32-29-140-44-67(102-79(122)50(3)93-80(123)55(35-54-17-12-16-53-15-10-11-18-59(53)54)36-69(109)60(23-25-72(112)113)95-85(128)64(39-71(91)111)97-78(121)49(2)94-81(57)124)88(131)96-61(24-26-73(114)115)82(125)100-65(40-74(116)117)86(129)99-62(33-51-13-8-7-9-14-51)83(126)98-63(34-52-19-21-58(107)22-20-52)84(127)101-66(41-75(118)119)87(130)103-76(89(4,5)6)70(110)37-56(77(92)120)42-138-27-30-141(104,132)133/h7-22,48-50,55-57,60-67,76,107H,23-47,90H2,1-6H3,(H2,91,111)(H2,92,120)(H,93,123)(H,94,124)(H,95,128)(H,96,131)(H,97,121)(H,98,126)(H,99,129)(H,100,125)(H,101,127)(H,102,122)(H,103,130)(H,112,113)(H,114,115)(H,116,117)(H,118,119)/t48-,49+,50+,55+,56-,57-,60-,61-,62-,63-,64-,65-,66-,67-,76+/m0/s1. The molecule has 3 fully saturated rings. The van der Waals surface area contributed by atoms with Gasteiger partial charge in [0.25, 0.3) is 0 Å². The second-order valence-electron chi connectivity index (χ2n) is 35.6. The number of primary amides is 2. The highest BCUT2D eigenvalue weighted by Crippen LogP contribution is 2.30.